The fraction of sp³-hybridized carbons (Fsp3) is 0.467. The van der Waals surface area contributed by atoms with E-state index in [4.69, 9.17) is 0 Å². The van der Waals surface area contributed by atoms with E-state index in [1.54, 1.807) is 6.20 Å². The second kappa shape index (κ2) is 5.08. The minimum Gasteiger partial charge on any atom is -0.336 e. The van der Waals surface area contributed by atoms with Gasteiger partial charge in [-0.25, -0.2) is 9.97 Å². The number of hydrogen-bond acceptors (Lipinski definition) is 5. The Morgan fingerprint density at radius 2 is 1.95 bits per heavy atom. The molecule has 114 valence electrons. The maximum absolute atomic E-state index is 11.8. The van der Waals surface area contributed by atoms with Gasteiger partial charge in [-0.2, -0.15) is 5.10 Å². The van der Waals surface area contributed by atoms with Crippen LogP contribution in [-0.2, 0) is 4.79 Å². The number of anilines is 2. The number of aryl methyl sites for hydroxylation is 1. The van der Waals surface area contributed by atoms with E-state index in [1.165, 1.54) is 0 Å². The molecule has 7 nitrogen and oxygen atoms in total. The molecule has 0 unspecified atom stereocenters. The largest absolute Gasteiger partial charge is 0.336 e. The van der Waals surface area contributed by atoms with Crippen LogP contribution >= 0.6 is 0 Å². The summed E-state index contributed by atoms with van der Waals surface area (Å²) < 4.78 is 1.95. The molecule has 0 saturated carbocycles. The molecule has 1 amide bonds. The van der Waals surface area contributed by atoms with Gasteiger partial charge in [0.15, 0.2) is 0 Å². The molecule has 0 aromatic carbocycles. The lowest BCUT2D eigenvalue weighted by atomic mass is 10.1. The van der Waals surface area contributed by atoms with Crippen LogP contribution in [0.2, 0.25) is 0 Å². The molecule has 2 fully saturated rings. The van der Waals surface area contributed by atoms with Gasteiger partial charge in [0, 0.05) is 44.6 Å². The second-order valence-electron chi connectivity index (χ2n) is 5.95. The summed E-state index contributed by atoms with van der Waals surface area (Å²) in [4.78, 5) is 24.4. The predicted octanol–water partition coefficient (Wildman–Crippen LogP) is 1.17. The molecular weight excluding hydrogens is 280 g/mol. The molecule has 0 atom stereocenters. The number of nitrogens with zero attached hydrogens (tertiary/aromatic N) is 6. The summed E-state index contributed by atoms with van der Waals surface area (Å²) in [6.45, 7) is 4.47. The molecule has 0 N–H and O–H groups in total. The third-order valence-corrected chi connectivity index (χ3v) is 4.26. The standard InChI is InChI=1S/C15H18N6O/c1-11-5-16-15(17-6-11)19-8-13(9-19)21-10-12(7-18-21)20-4-2-3-14(20)22/h5-7,10,13H,2-4,8-9H2,1H3. The lowest BCUT2D eigenvalue weighted by molar-refractivity contribution is -0.117. The molecule has 2 aromatic heterocycles. The topological polar surface area (TPSA) is 67.2 Å². The predicted molar refractivity (Wildman–Crippen MR) is 81.8 cm³/mol. The fourth-order valence-electron chi connectivity index (χ4n) is 2.92. The Morgan fingerprint density at radius 3 is 2.64 bits per heavy atom. The zero-order valence-electron chi connectivity index (χ0n) is 12.5. The highest BCUT2D eigenvalue weighted by Gasteiger charge is 2.31. The van der Waals surface area contributed by atoms with E-state index in [0.29, 0.717) is 12.5 Å². The summed E-state index contributed by atoms with van der Waals surface area (Å²) in [6, 6.07) is 0.316. The van der Waals surface area contributed by atoms with Crippen molar-refractivity contribution in [2.75, 3.05) is 29.4 Å². The molecule has 22 heavy (non-hydrogen) atoms. The van der Waals surface area contributed by atoms with Crippen LogP contribution < -0.4 is 9.80 Å². The normalized spacial score (nSPS) is 18.9. The minimum atomic E-state index is 0.197. The molecule has 4 rings (SSSR count). The highest BCUT2D eigenvalue weighted by Crippen LogP contribution is 2.27. The van der Waals surface area contributed by atoms with Gasteiger partial charge in [-0.3, -0.25) is 9.48 Å². The minimum absolute atomic E-state index is 0.197. The van der Waals surface area contributed by atoms with E-state index in [1.807, 2.05) is 35.1 Å². The van der Waals surface area contributed by atoms with Crippen LogP contribution in [0.15, 0.2) is 24.8 Å². The summed E-state index contributed by atoms with van der Waals surface area (Å²) in [7, 11) is 0. The van der Waals surface area contributed by atoms with Crippen LogP contribution in [0.3, 0.4) is 0 Å². The van der Waals surface area contributed by atoms with Crippen LogP contribution in [0.25, 0.3) is 0 Å². The van der Waals surface area contributed by atoms with Crippen molar-refractivity contribution in [1.82, 2.24) is 19.7 Å². The second-order valence-corrected chi connectivity index (χ2v) is 5.95. The number of aromatic nitrogens is 4. The summed E-state index contributed by atoms with van der Waals surface area (Å²) in [5.41, 5.74) is 1.97. The fourth-order valence-corrected chi connectivity index (χ4v) is 2.92. The van der Waals surface area contributed by atoms with E-state index in [2.05, 4.69) is 20.0 Å². The maximum atomic E-state index is 11.8. The lowest BCUT2D eigenvalue weighted by Crippen LogP contribution is -2.48. The van der Waals surface area contributed by atoms with Crippen LogP contribution in [-0.4, -0.2) is 45.3 Å². The van der Waals surface area contributed by atoms with Gasteiger partial charge in [0.2, 0.25) is 11.9 Å². The molecule has 7 heteroatoms. The van der Waals surface area contributed by atoms with Crippen molar-refractivity contribution >= 4 is 17.5 Å². The van der Waals surface area contributed by atoms with Gasteiger partial charge in [0.05, 0.1) is 17.9 Å². The molecular formula is C15H18N6O. The summed E-state index contributed by atoms with van der Waals surface area (Å²) in [5, 5.41) is 4.41. The van der Waals surface area contributed by atoms with Gasteiger partial charge in [-0.1, -0.05) is 0 Å². The van der Waals surface area contributed by atoms with Gasteiger partial charge in [-0.05, 0) is 18.9 Å². The van der Waals surface area contributed by atoms with Crippen molar-refractivity contribution in [2.45, 2.75) is 25.8 Å². The Hall–Kier alpha value is -2.44. The van der Waals surface area contributed by atoms with Gasteiger partial charge in [0.25, 0.3) is 0 Å². The average Bonchev–Trinajstić information content (AvgIpc) is 3.08. The summed E-state index contributed by atoms with van der Waals surface area (Å²) in [6.07, 6.45) is 9.01. The van der Waals surface area contributed by atoms with Crippen molar-refractivity contribution < 1.29 is 4.79 Å². The van der Waals surface area contributed by atoms with E-state index in [-0.39, 0.29) is 5.91 Å². The first kappa shape index (κ1) is 13.2. The summed E-state index contributed by atoms with van der Waals surface area (Å²) in [5.74, 6) is 0.965. The molecule has 4 heterocycles. The van der Waals surface area contributed by atoms with E-state index in [0.717, 1.165) is 43.3 Å². The maximum Gasteiger partial charge on any atom is 0.227 e. The van der Waals surface area contributed by atoms with Crippen LogP contribution in [0.1, 0.15) is 24.4 Å². The third kappa shape index (κ3) is 2.22. The quantitative estimate of drug-likeness (QED) is 0.851. The SMILES string of the molecule is Cc1cnc(N2CC(n3cc(N4CCCC4=O)cn3)C2)nc1. The van der Waals surface area contributed by atoms with Crippen molar-refractivity contribution in [1.29, 1.82) is 0 Å². The Morgan fingerprint density at radius 1 is 1.18 bits per heavy atom. The van der Waals surface area contributed by atoms with Crippen molar-refractivity contribution in [2.24, 2.45) is 0 Å². The van der Waals surface area contributed by atoms with Crippen molar-refractivity contribution in [3.8, 4) is 0 Å². The van der Waals surface area contributed by atoms with Crippen LogP contribution in [0.4, 0.5) is 11.6 Å². The summed E-state index contributed by atoms with van der Waals surface area (Å²) >= 11 is 0. The number of carbonyl (C=O) groups excluding carboxylic acids is 1. The van der Waals surface area contributed by atoms with Gasteiger partial charge in [-0.15, -0.1) is 0 Å². The highest BCUT2D eigenvalue weighted by atomic mass is 16.2. The van der Waals surface area contributed by atoms with Crippen LogP contribution in [0.5, 0.6) is 0 Å². The van der Waals surface area contributed by atoms with E-state index < -0.39 is 0 Å². The average molecular weight is 298 g/mol. The van der Waals surface area contributed by atoms with Gasteiger partial charge < -0.3 is 9.80 Å². The Labute approximate surface area is 128 Å². The first-order chi connectivity index (χ1) is 10.7. The van der Waals surface area contributed by atoms with Gasteiger partial charge >= 0.3 is 0 Å². The first-order valence-electron chi connectivity index (χ1n) is 7.59. The molecule has 0 aliphatic carbocycles. The number of carbonyl (C=O) groups is 1. The van der Waals surface area contributed by atoms with E-state index in [9.17, 15) is 4.79 Å². The van der Waals surface area contributed by atoms with Gasteiger partial charge in [0.1, 0.15) is 0 Å². The smallest absolute Gasteiger partial charge is 0.227 e. The Kier molecular flexibility index (Phi) is 3.06. The molecule has 2 aromatic rings. The highest BCUT2D eigenvalue weighted by molar-refractivity contribution is 5.95. The molecule has 2 aliphatic rings. The molecule has 0 spiro atoms. The number of hydrogen-bond donors (Lipinski definition) is 0. The third-order valence-electron chi connectivity index (χ3n) is 4.26. The monoisotopic (exact) mass is 298 g/mol. The Balaban J connectivity index is 1.42. The van der Waals surface area contributed by atoms with Crippen molar-refractivity contribution in [3.05, 3.63) is 30.4 Å². The zero-order chi connectivity index (χ0) is 15.1. The molecule has 0 radical (unpaired) electrons. The van der Waals surface area contributed by atoms with Crippen LogP contribution in [0, 0.1) is 6.92 Å². The lowest BCUT2D eigenvalue weighted by Gasteiger charge is -2.39. The Bertz CT molecular complexity index is 688. The molecule has 2 saturated heterocycles. The van der Waals surface area contributed by atoms with E-state index >= 15 is 0 Å². The molecule has 2 aliphatic heterocycles. The number of rotatable bonds is 3. The molecule has 0 bridgehead atoms. The van der Waals surface area contributed by atoms with Crippen molar-refractivity contribution in [3.63, 3.8) is 0 Å². The number of amides is 1. The first-order valence-corrected chi connectivity index (χ1v) is 7.59. The zero-order valence-corrected chi connectivity index (χ0v) is 12.5.